The van der Waals surface area contributed by atoms with Crippen LogP contribution >= 0.6 is 0 Å². The van der Waals surface area contributed by atoms with Gasteiger partial charge in [-0.2, -0.15) is 0 Å². The van der Waals surface area contributed by atoms with Gasteiger partial charge in [0.1, 0.15) is 0 Å². The Bertz CT molecular complexity index is 549. The first-order valence-electron chi connectivity index (χ1n) is 8.12. The number of carboxylic acid groups (broad SMARTS) is 1. The summed E-state index contributed by atoms with van der Waals surface area (Å²) in [5.74, 6) is 0.381. The fraction of sp³-hybridized carbons (Fsp3) is 0.500. The van der Waals surface area contributed by atoms with E-state index in [1.54, 1.807) is 4.90 Å². The van der Waals surface area contributed by atoms with Crippen molar-refractivity contribution in [2.75, 3.05) is 13.1 Å². The minimum Gasteiger partial charge on any atom is -0.465 e. The molecular weight excluding hydrogens is 276 g/mol. The van der Waals surface area contributed by atoms with Crippen LogP contribution in [-0.2, 0) is 0 Å². The van der Waals surface area contributed by atoms with Crippen molar-refractivity contribution in [2.24, 2.45) is 5.92 Å². The summed E-state index contributed by atoms with van der Waals surface area (Å²) < 4.78 is 0. The van der Waals surface area contributed by atoms with Crippen LogP contribution in [-0.4, -0.2) is 41.3 Å². The lowest BCUT2D eigenvalue weighted by Gasteiger charge is -2.33. The zero-order valence-corrected chi connectivity index (χ0v) is 13.0. The second-order valence-electron chi connectivity index (χ2n) is 6.38. The Morgan fingerprint density at radius 1 is 1.27 bits per heavy atom. The molecule has 4 heteroatoms. The highest BCUT2D eigenvalue weighted by Gasteiger charge is 2.47. The second-order valence-corrected chi connectivity index (χ2v) is 6.38. The lowest BCUT2D eigenvalue weighted by molar-refractivity contribution is 0.107. The molecule has 0 aromatic heterocycles. The average molecular weight is 300 g/mol. The highest BCUT2D eigenvalue weighted by Crippen LogP contribution is 2.43. The predicted molar refractivity (Wildman–Crippen MR) is 87.7 cm³/mol. The molecule has 1 saturated heterocycles. The quantitative estimate of drug-likeness (QED) is 0.897. The summed E-state index contributed by atoms with van der Waals surface area (Å²) in [6.07, 6.45) is 4.25. The molecule has 0 bridgehead atoms. The number of nitrogens with one attached hydrogen (secondary N) is 1. The van der Waals surface area contributed by atoms with Crippen LogP contribution in [0.5, 0.6) is 0 Å². The molecule has 0 spiro atoms. The van der Waals surface area contributed by atoms with Crippen LogP contribution in [0.3, 0.4) is 0 Å². The van der Waals surface area contributed by atoms with Gasteiger partial charge >= 0.3 is 6.09 Å². The molecule has 2 fully saturated rings. The molecule has 22 heavy (non-hydrogen) atoms. The summed E-state index contributed by atoms with van der Waals surface area (Å²) in [5.41, 5.74) is 2.48. The molecule has 118 valence electrons. The summed E-state index contributed by atoms with van der Waals surface area (Å²) in [6, 6.07) is 10.6. The zero-order valence-electron chi connectivity index (χ0n) is 13.0. The van der Waals surface area contributed by atoms with E-state index in [-0.39, 0.29) is 12.1 Å². The summed E-state index contributed by atoms with van der Waals surface area (Å²) in [6.45, 7) is 3.97. The van der Waals surface area contributed by atoms with Crippen LogP contribution < -0.4 is 5.32 Å². The van der Waals surface area contributed by atoms with Crippen LogP contribution in [0.4, 0.5) is 4.79 Å². The molecule has 3 rings (SSSR count). The first kappa shape index (κ1) is 15.1. The van der Waals surface area contributed by atoms with Gasteiger partial charge in [0.15, 0.2) is 0 Å². The molecule has 1 aromatic carbocycles. The summed E-state index contributed by atoms with van der Waals surface area (Å²) >= 11 is 0. The number of rotatable bonds is 4. The molecule has 2 atom stereocenters. The van der Waals surface area contributed by atoms with Crippen LogP contribution in [0.2, 0.25) is 0 Å². The second kappa shape index (κ2) is 6.53. The predicted octanol–water partition coefficient (Wildman–Crippen LogP) is 3.21. The van der Waals surface area contributed by atoms with Crippen molar-refractivity contribution in [3.63, 3.8) is 0 Å². The largest absolute Gasteiger partial charge is 0.465 e. The lowest BCUT2D eigenvalue weighted by atomic mass is 10.0. The number of hydrogen-bond acceptors (Lipinski definition) is 2. The Morgan fingerprint density at radius 3 is 2.59 bits per heavy atom. The fourth-order valence-electron chi connectivity index (χ4n) is 3.55. The molecule has 2 N–H and O–H groups in total. The minimum atomic E-state index is -0.757. The van der Waals surface area contributed by atoms with Crippen LogP contribution in [0.1, 0.15) is 31.7 Å². The molecule has 0 radical (unpaired) electrons. The van der Waals surface area contributed by atoms with Gasteiger partial charge in [0.25, 0.3) is 0 Å². The number of carbonyl (C=O) groups is 1. The smallest absolute Gasteiger partial charge is 0.407 e. The number of hydrogen-bond donors (Lipinski definition) is 2. The Kier molecular flexibility index (Phi) is 4.48. The third kappa shape index (κ3) is 3.33. The van der Waals surface area contributed by atoms with Gasteiger partial charge in [-0.25, -0.2) is 4.79 Å². The molecule has 1 heterocycles. The average Bonchev–Trinajstić information content (AvgIpc) is 3.29. The summed E-state index contributed by atoms with van der Waals surface area (Å²) in [4.78, 5) is 13.4. The van der Waals surface area contributed by atoms with Crippen molar-refractivity contribution in [1.82, 2.24) is 10.2 Å². The van der Waals surface area contributed by atoms with Crippen molar-refractivity contribution in [1.29, 1.82) is 0 Å². The number of benzene rings is 1. The van der Waals surface area contributed by atoms with E-state index in [1.807, 2.05) is 18.2 Å². The van der Waals surface area contributed by atoms with Crippen molar-refractivity contribution in [2.45, 2.75) is 38.3 Å². The highest BCUT2D eigenvalue weighted by atomic mass is 16.4. The van der Waals surface area contributed by atoms with Crippen molar-refractivity contribution >= 4 is 12.2 Å². The molecule has 4 nitrogen and oxygen atoms in total. The molecule has 2 unspecified atom stereocenters. The molecule has 1 aliphatic heterocycles. The molecular formula is C18H24N2O2. The highest BCUT2D eigenvalue weighted by molar-refractivity contribution is 5.67. The summed E-state index contributed by atoms with van der Waals surface area (Å²) in [5, 5.41) is 12.9. The third-order valence-electron chi connectivity index (χ3n) is 4.82. The molecule has 1 aliphatic carbocycles. The standard InChI is InChI=1S/C18H24N2O2/c1-13(11-14-5-3-2-4-6-14)16-12-17(16)20(18(21)22)15-7-9-19-10-8-15/h2-6,11,15-17,19H,7-10,12H2,1H3,(H,21,22). The molecule has 1 saturated carbocycles. The number of amides is 1. The monoisotopic (exact) mass is 300 g/mol. The fourth-order valence-corrected chi connectivity index (χ4v) is 3.55. The van der Waals surface area contributed by atoms with Gasteiger partial charge in [0.05, 0.1) is 0 Å². The maximum absolute atomic E-state index is 11.7. The van der Waals surface area contributed by atoms with E-state index in [0.29, 0.717) is 5.92 Å². The maximum atomic E-state index is 11.7. The Morgan fingerprint density at radius 2 is 1.95 bits per heavy atom. The van der Waals surface area contributed by atoms with Gasteiger partial charge in [-0.1, -0.05) is 42.0 Å². The van der Waals surface area contributed by atoms with E-state index < -0.39 is 6.09 Å². The summed E-state index contributed by atoms with van der Waals surface area (Å²) in [7, 11) is 0. The van der Waals surface area contributed by atoms with Gasteiger partial charge < -0.3 is 15.3 Å². The number of piperidine rings is 1. The van der Waals surface area contributed by atoms with Crippen molar-refractivity contribution in [3.05, 3.63) is 41.5 Å². The van der Waals surface area contributed by atoms with Gasteiger partial charge in [0.2, 0.25) is 0 Å². The van der Waals surface area contributed by atoms with Crippen LogP contribution in [0.15, 0.2) is 35.9 Å². The zero-order chi connectivity index (χ0) is 15.5. The van der Waals surface area contributed by atoms with Crippen LogP contribution in [0, 0.1) is 5.92 Å². The van der Waals surface area contributed by atoms with E-state index >= 15 is 0 Å². The molecule has 1 aromatic rings. The number of nitrogens with zero attached hydrogens (tertiary/aromatic N) is 1. The normalized spacial score (nSPS) is 25.8. The minimum absolute atomic E-state index is 0.167. The SMILES string of the molecule is CC(=Cc1ccccc1)C1CC1N(C(=O)O)C1CCNCC1. The first-order chi connectivity index (χ1) is 10.7. The Labute approximate surface area is 131 Å². The van der Waals surface area contributed by atoms with E-state index in [2.05, 4.69) is 30.4 Å². The van der Waals surface area contributed by atoms with Gasteiger partial charge in [-0.15, -0.1) is 0 Å². The van der Waals surface area contributed by atoms with E-state index in [0.717, 1.165) is 32.4 Å². The van der Waals surface area contributed by atoms with Gasteiger partial charge in [0, 0.05) is 18.0 Å². The topological polar surface area (TPSA) is 52.6 Å². The van der Waals surface area contributed by atoms with Crippen molar-refractivity contribution < 1.29 is 9.90 Å². The van der Waals surface area contributed by atoms with Crippen LogP contribution in [0.25, 0.3) is 6.08 Å². The molecule has 1 amide bonds. The Balaban J connectivity index is 1.68. The third-order valence-corrected chi connectivity index (χ3v) is 4.82. The molecule has 2 aliphatic rings. The van der Waals surface area contributed by atoms with E-state index in [4.69, 9.17) is 0 Å². The van der Waals surface area contributed by atoms with Gasteiger partial charge in [-0.05, 0) is 44.8 Å². The lowest BCUT2D eigenvalue weighted by Crippen LogP contribution is -2.47. The van der Waals surface area contributed by atoms with E-state index in [9.17, 15) is 9.90 Å². The Hall–Kier alpha value is -1.81. The first-order valence-corrected chi connectivity index (χ1v) is 8.12. The van der Waals surface area contributed by atoms with E-state index in [1.165, 1.54) is 11.1 Å². The van der Waals surface area contributed by atoms with Gasteiger partial charge in [-0.3, -0.25) is 0 Å². The van der Waals surface area contributed by atoms with Crippen molar-refractivity contribution in [3.8, 4) is 0 Å². The maximum Gasteiger partial charge on any atom is 0.407 e.